The first-order chi connectivity index (χ1) is 10.1. The molecule has 0 atom stereocenters. The highest BCUT2D eigenvalue weighted by atomic mass is 19.1. The third-order valence-electron chi connectivity index (χ3n) is 2.73. The molecular weight excluding hydrogens is 273 g/mol. The molecule has 4 nitrogen and oxygen atoms in total. The number of nitrogens with one attached hydrogen (secondary N) is 1. The highest BCUT2D eigenvalue weighted by molar-refractivity contribution is 5.91. The summed E-state index contributed by atoms with van der Waals surface area (Å²) in [6.45, 7) is -0.0423. The van der Waals surface area contributed by atoms with E-state index in [1.165, 1.54) is 18.2 Å². The molecule has 0 bridgehead atoms. The number of benzene rings is 2. The van der Waals surface area contributed by atoms with Gasteiger partial charge in [-0.05, 0) is 23.8 Å². The molecule has 0 heterocycles. The van der Waals surface area contributed by atoms with Crippen molar-refractivity contribution in [1.82, 2.24) is 5.32 Å². The summed E-state index contributed by atoms with van der Waals surface area (Å²) in [5.41, 5.74) is 1.02. The first-order valence-electron chi connectivity index (χ1n) is 6.38. The van der Waals surface area contributed by atoms with Crippen LogP contribution in [0.15, 0.2) is 54.6 Å². The Hall–Kier alpha value is -2.69. The second-order valence-corrected chi connectivity index (χ2v) is 4.35. The number of ether oxygens (including phenoxy) is 1. The van der Waals surface area contributed by atoms with Crippen molar-refractivity contribution in [2.24, 2.45) is 0 Å². The van der Waals surface area contributed by atoms with Gasteiger partial charge in [0.25, 0.3) is 5.91 Å². The fourth-order valence-corrected chi connectivity index (χ4v) is 1.68. The van der Waals surface area contributed by atoms with Gasteiger partial charge in [-0.2, -0.15) is 0 Å². The minimum Gasteiger partial charge on any atom is -0.452 e. The molecule has 2 rings (SSSR count). The molecule has 0 aromatic heterocycles. The molecule has 0 spiro atoms. The van der Waals surface area contributed by atoms with Crippen LogP contribution in [0.3, 0.4) is 0 Å². The average molecular weight is 287 g/mol. The van der Waals surface area contributed by atoms with E-state index in [4.69, 9.17) is 4.74 Å². The maximum Gasteiger partial charge on any atom is 0.338 e. The van der Waals surface area contributed by atoms with Crippen LogP contribution in [0.4, 0.5) is 4.39 Å². The Morgan fingerprint density at radius 2 is 1.81 bits per heavy atom. The van der Waals surface area contributed by atoms with Crippen molar-refractivity contribution in [3.63, 3.8) is 0 Å². The van der Waals surface area contributed by atoms with Gasteiger partial charge in [0.1, 0.15) is 5.82 Å². The molecule has 0 aliphatic heterocycles. The van der Waals surface area contributed by atoms with Gasteiger partial charge in [-0.15, -0.1) is 0 Å². The van der Waals surface area contributed by atoms with Crippen LogP contribution in [0, 0.1) is 5.82 Å². The van der Waals surface area contributed by atoms with Crippen LogP contribution < -0.4 is 5.32 Å². The monoisotopic (exact) mass is 287 g/mol. The Labute approximate surface area is 121 Å². The molecular formula is C16H14FNO3. The summed E-state index contributed by atoms with van der Waals surface area (Å²) < 4.78 is 17.8. The summed E-state index contributed by atoms with van der Waals surface area (Å²) in [6, 6.07) is 14.5. The van der Waals surface area contributed by atoms with Crippen molar-refractivity contribution in [1.29, 1.82) is 0 Å². The quantitative estimate of drug-likeness (QED) is 0.858. The molecule has 21 heavy (non-hydrogen) atoms. The Balaban J connectivity index is 1.77. The number of esters is 1. The van der Waals surface area contributed by atoms with Gasteiger partial charge in [0.05, 0.1) is 5.56 Å². The van der Waals surface area contributed by atoms with Crippen molar-refractivity contribution in [3.8, 4) is 0 Å². The second kappa shape index (κ2) is 7.19. The first-order valence-corrected chi connectivity index (χ1v) is 6.38. The summed E-state index contributed by atoms with van der Waals surface area (Å²) in [4.78, 5) is 23.2. The van der Waals surface area contributed by atoms with Crippen molar-refractivity contribution in [3.05, 3.63) is 71.5 Å². The first kappa shape index (κ1) is 14.7. The molecule has 1 N–H and O–H groups in total. The van der Waals surface area contributed by atoms with E-state index in [-0.39, 0.29) is 5.56 Å². The molecule has 0 saturated heterocycles. The Bertz CT molecular complexity index is 628. The molecule has 0 radical (unpaired) electrons. The molecule has 2 aromatic carbocycles. The minimum absolute atomic E-state index is 0.0749. The van der Waals surface area contributed by atoms with E-state index < -0.39 is 24.3 Å². The molecule has 0 fully saturated rings. The summed E-state index contributed by atoms with van der Waals surface area (Å²) in [6.07, 6.45) is 0. The molecule has 0 saturated carbocycles. The Kier molecular flexibility index (Phi) is 5.04. The Morgan fingerprint density at radius 1 is 1.05 bits per heavy atom. The largest absolute Gasteiger partial charge is 0.452 e. The zero-order valence-electron chi connectivity index (χ0n) is 11.2. The Morgan fingerprint density at radius 3 is 2.52 bits per heavy atom. The maximum absolute atomic E-state index is 12.9. The number of hydrogen-bond acceptors (Lipinski definition) is 3. The van der Waals surface area contributed by atoms with Crippen LogP contribution in [-0.4, -0.2) is 18.5 Å². The van der Waals surface area contributed by atoms with Gasteiger partial charge in [0.2, 0.25) is 0 Å². The summed E-state index contributed by atoms with van der Waals surface area (Å²) in [5, 5.41) is 2.63. The molecule has 2 aromatic rings. The van der Waals surface area contributed by atoms with Gasteiger partial charge >= 0.3 is 5.97 Å². The summed E-state index contributed by atoms with van der Waals surface area (Å²) in [7, 11) is 0. The maximum atomic E-state index is 12.9. The minimum atomic E-state index is -0.732. The lowest BCUT2D eigenvalue weighted by Crippen LogP contribution is -2.28. The van der Waals surface area contributed by atoms with Crippen molar-refractivity contribution >= 4 is 11.9 Å². The van der Waals surface area contributed by atoms with E-state index in [1.54, 1.807) is 0 Å². The highest BCUT2D eigenvalue weighted by Crippen LogP contribution is 2.05. The number of rotatable bonds is 5. The SMILES string of the molecule is O=C(COC(=O)c1cccc(F)c1)NCc1ccccc1. The van der Waals surface area contributed by atoms with Crippen LogP contribution >= 0.6 is 0 Å². The lowest BCUT2D eigenvalue weighted by molar-refractivity contribution is -0.124. The number of hydrogen-bond donors (Lipinski definition) is 1. The zero-order valence-corrected chi connectivity index (χ0v) is 11.2. The van der Waals surface area contributed by atoms with Gasteiger partial charge in [-0.25, -0.2) is 9.18 Å². The van der Waals surface area contributed by atoms with Crippen LogP contribution in [0.1, 0.15) is 15.9 Å². The van der Waals surface area contributed by atoms with Gasteiger partial charge < -0.3 is 10.1 Å². The van der Waals surface area contributed by atoms with Gasteiger partial charge in [-0.1, -0.05) is 36.4 Å². The van der Waals surface area contributed by atoms with E-state index >= 15 is 0 Å². The van der Waals surface area contributed by atoms with Crippen LogP contribution in [0.2, 0.25) is 0 Å². The molecule has 5 heteroatoms. The fraction of sp³-hybridized carbons (Fsp3) is 0.125. The molecule has 1 amide bonds. The lowest BCUT2D eigenvalue weighted by Gasteiger charge is -2.06. The average Bonchev–Trinajstić information content (AvgIpc) is 2.51. The van der Waals surface area contributed by atoms with Gasteiger partial charge in [0, 0.05) is 6.54 Å². The standard InChI is InChI=1S/C16H14FNO3/c17-14-8-4-7-13(9-14)16(20)21-11-15(19)18-10-12-5-2-1-3-6-12/h1-9H,10-11H2,(H,18,19). The normalized spacial score (nSPS) is 9.95. The molecule has 108 valence electrons. The van der Waals surface area contributed by atoms with Crippen molar-refractivity contribution in [2.45, 2.75) is 6.54 Å². The highest BCUT2D eigenvalue weighted by Gasteiger charge is 2.10. The third kappa shape index (κ3) is 4.72. The van der Waals surface area contributed by atoms with E-state index in [0.717, 1.165) is 11.6 Å². The molecule has 0 aliphatic carbocycles. The number of carbonyl (C=O) groups excluding carboxylic acids is 2. The summed E-state index contributed by atoms with van der Waals surface area (Å²) >= 11 is 0. The van der Waals surface area contributed by atoms with Crippen LogP contribution in [-0.2, 0) is 16.1 Å². The topological polar surface area (TPSA) is 55.4 Å². The number of halogens is 1. The van der Waals surface area contributed by atoms with Crippen molar-refractivity contribution < 1.29 is 18.7 Å². The predicted molar refractivity (Wildman–Crippen MR) is 75.0 cm³/mol. The smallest absolute Gasteiger partial charge is 0.338 e. The fourth-order valence-electron chi connectivity index (χ4n) is 1.68. The van der Waals surface area contributed by atoms with Crippen LogP contribution in [0.25, 0.3) is 0 Å². The third-order valence-corrected chi connectivity index (χ3v) is 2.73. The molecule has 0 aliphatic rings. The summed E-state index contributed by atoms with van der Waals surface area (Å²) in [5.74, 6) is -1.68. The van der Waals surface area contributed by atoms with Crippen LogP contribution in [0.5, 0.6) is 0 Å². The van der Waals surface area contributed by atoms with Gasteiger partial charge in [0.15, 0.2) is 6.61 Å². The van der Waals surface area contributed by atoms with Gasteiger partial charge in [-0.3, -0.25) is 4.79 Å². The van der Waals surface area contributed by atoms with E-state index in [1.807, 2.05) is 30.3 Å². The van der Waals surface area contributed by atoms with E-state index in [9.17, 15) is 14.0 Å². The van der Waals surface area contributed by atoms with E-state index in [0.29, 0.717) is 6.54 Å². The zero-order chi connectivity index (χ0) is 15.1. The van der Waals surface area contributed by atoms with Crippen molar-refractivity contribution in [2.75, 3.05) is 6.61 Å². The molecule has 0 unspecified atom stereocenters. The number of amides is 1. The van der Waals surface area contributed by atoms with E-state index in [2.05, 4.69) is 5.32 Å². The number of carbonyl (C=O) groups is 2. The lowest BCUT2D eigenvalue weighted by atomic mass is 10.2. The predicted octanol–water partition coefficient (Wildman–Crippen LogP) is 2.30. The second-order valence-electron chi connectivity index (χ2n) is 4.35.